The Labute approximate surface area is 103 Å². The van der Waals surface area contributed by atoms with Gasteiger partial charge in [0.05, 0.1) is 12.2 Å². The van der Waals surface area contributed by atoms with Crippen molar-refractivity contribution in [2.45, 2.75) is 44.8 Å². The SMILES string of the molecule is Cc1ccc2c(c1)C1(CCN[C@@H](C)C1)OCC2. The zero-order valence-corrected chi connectivity index (χ0v) is 10.8. The fourth-order valence-electron chi connectivity index (χ4n) is 3.33. The number of hydrogen-bond acceptors (Lipinski definition) is 2. The molecule has 1 N–H and O–H groups in total. The average Bonchev–Trinajstić information content (AvgIpc) is 2.30. The van der Waals surface area contributed by atoms with Crippen LogP contribution in [-0.4, -0.2) is 19.2 Å². The van der Waals surface area contributed by atoms with Crippen LogP contribution in [0.25, 0.3) is 0 Å². The summed E-state index contributed by atoms with van der Waals surface area (Å²) in [6.07, 6.45) is 3.27. The third kappa shape index (κ3) is 1.90. The molecule has 17 heavy (non-hydrogen) atoms. The number of rotatable bonds is 0. The van der Waals surface area contributed by atoms with Crippen molar-refractivity contribution in [3.63, 3.8) is 0 Å². The Balaban J connectivity index is 2.05. The van der Waals surface area contributed by atoms with Gasteiger partial charge in [-0.15, -0.1) is 0 Å². The number of benzene rings is 1. The molecule has 3 rings (SSSR count). The number of fused-ring (bicyclic) bond motifs is 2. The lowest BCUT2D eigenvalue weighted by atomic mass is 9.77. The lowest BCUT2D eigenvalue weighted by Gasteiger charge is -2.44. The van der Waals surface area contributed by atoms with Gasteiger partial charge in [-0.2, -0.15) is 0 Å². The van der Waals surface area contributed by atoms with Gasteiger partial charge in [-0.3, -0.25) is 0 Å². The summed E-state index contributed by atoms with van der Waals surface area (Å²) in [4.78, 5) is 0. The molecule has 1 aromatic carbocycles. The van der Waals surface area contributed by atoms with Crippen molar-refractivity contribution >= 4 is 0 Å². The lowest BCUT2D eigenvalue weighted by Crippen LogP contribution is -2.48. The van der Waals surface area contributed by atoms with E-state index in [4.69, 9.17) is 4.74 Å². The Morgan fingerprint density at radius 1 is 1.41 bits per heavy atom. The van der Waals surface area contributed by atoms with Crippen LogP contribution in [0.1, 0.15) is 36.5 Å². The van der Waals surface area contributed by atoms with Gasteiger partial charge in [0, 0.05) is 6.04 Å². The minimum absolute atomic E-state index is 0.00965. The van der Waals surface area contributed by atoms with Gasteiger partial charge >= 0.3 is 0 Å². The summed E-state index contributed by atoms with van der Waals surface area (Å²) in [5, 5.41) is 3.52. The molecule has 2 atom stereocenters. The molecule has 2 heterocycles. The molecule has 1 saturated heterocycles. The van der Waals surface area contributed by atoms with Crippen molar-refractivity contribution in [1.82, 2.24) is 5.32 Å². The largest absolute Gasteiger partial charge is 0.370 e. The zero-order chi connectivity index (χ0) is 11.9. The normalized spacial score (nSPS) is 32.5. The number of hydrogen-bond donors (Lipinski definition) is 1. The maximum Gasteiger partial charge on any atom is 0.0961 e. The van der Waals surface area contributed by atoms with Crippen LogP contribution >= 0.6 is 0 Å². The molecule has 2 heteroatoms. The van der Waals surface area contributed by atoms with Crippen molar-refractivity contribution in [2.24, 2.45) is 0 Å². The molecule has 0 saturated carbocycles. The van der Waals surface area contributed by atoms with E-state index in [9.17, 15) is 0 Å². The van der Waals surface area contributed by atoms with E-state index in [2.05, 4.69) is 37.4 Å². The summed E-state index contributed by atoms with van der Waals surface area (Å²) in [5.74, 6) is 0. The molecule has 0 radical (unpaired) electrons. The smallest absolute Gasteiger partial charge is 0.0961 e. The van der Waals surface area contributed by atoms with Crippen LogP contribution in [-0.2, 0) is 16.8 Å². The predicted octanol–water partition coefficient (Wildman–Crippen LogP) is 2.53. The first-order chi connectivity index (χ1) is 8.20. The van der Waals surface area contributed by atoms with Crippen molar-refractivity contribution < 1.29 is 4.74 Å². The summed E-state index contributed by atoms with van der Waals surface area (Å²) in [7, 11) is 0. The molecule has 1 spiro atoms. The summed E-state index contributed by atoms with van der Waals surface area (Å²) >= 11 is 0. The molecule has 0 aromatic heterocycles. The number of aryl methyl sites for hydroxylation is 1. The highest BCUT2D eigenvalue weighted by atomic mass is 16.5. The zero-order valence-electron chi connectivity index (χ0n) is 10.8. The van der Waals surface area contributed by atoms with Gasteiger partial charge < -0.3 is 10.1 Å². The van der Waals surface area contributed by atoms with Crippen molar-refractivity contribution in [1.29, 1.82) is 0 Å². The fourth-order valence-corrected chi connectivity index (χ4v) is 3.33. The Hall–Kier alpha value is -0.860. The van der Waals surface area contributed by atoms with Crippen LogP contribution in [0.15, 0.2) is 18.2 Å². The molecule has 0 bridgehead atoms. The summed E-state index contributed by atoms with van der Waals surface area (Å²) in [5.41, 5.74) is 4.29. The highest BCUT2D eigenvalue weighted by molar-refractivity contribution is 5.38. The first-order valence-corrected chi connectivity index (χ1v) is 6.67. The predicted molar refractivity (Wildman–Crippen MR) is 69.2 cm³/mol. The van der Waals surface area contributed by atoms with E-state index in [0.717, 1.165) is 32.4 Å². The fraction of sp³-hybridized carbons (Fsp3) is 0.600. The Morgan fingerprint density at radius 3 is 3.12 bits per heavy atom. The highest BCUT2D eigenvalue weighted by Gasteiger charge is 2.40. The molecule has 1 aromatic rings. The van der Waals surface area contributed by atoms with E-state index in [1.807, 2.05) is 0 Å². The Kier molecular flexibility index (Phi) is 2.72. The molecule has 2 nitrogen and oxygen atoms in total. The third-order valence-corrected chi connectivity index (χ3v) is 4.16. The van der Waals surface area contributed by atoms with Gasteiger partial charge in [0.2, 0.25) is 0 Å². The molecular weight excluding hydrogens is 210 g/mol. The summed E-state index contributed by atoms with van der Waals surface area (Å²) < 4.78 is 6.22. The van der Waals surface area contributed by atoms with Crippen LogP contribution in [0.5, 0.6) is 0 Å². The van der Waals surface area contributed by atoms with E-state index in [1.165, 1.54) is 16.7 Å². The summed E-state index contributed by atoms with van der Waals surface area (Å²) in [6.45, 7) is 6.37. The quantitative estimate of drug-likeness (QED) is 0.741. The number of ether oxygens (including phenoxy) is 1. The first-order valence-electron chi connectivity index (χ1n) is 6.67. The van der Waals surface area contributed by atoms with Gasteiger partial charge in [0.25, 0.3) is 0 Å². The standard InChI is InChI=1S/C15H21NO/c1-11-3-4-13-5-8-17-15(14(13)9-11)6-7-16-12(2)10-15/h3-4,9,12,16H,5-8,10H2,1-2H3/t12-,15?/m0/s1. The van der Waals surface area contributed by atoms with Crippen molar-refractivity contribution in [3.8, 4) is 0 Å². The van der Waals surface area contributed by atoms with E-state index in [0.29, 0.717) is 6.04 Å². The molecular formula is C15H21NO. The third-order valence-electron chi connectivity index (χ3n) is 4.16. The first kappa shape index (κ1) is 11.2. The van der Waals surface area contributed by atoms with Crippen LogP contribution in [0, 0.1) is 6.92 Å². The van der Waals surface area contributed by atoms with Gasteiger partial charge in [-0.05, 0) is 50.8 Å². The second-order valence-electron chi connectivity index (χ2n) is 5.56. The second-order valence-corrected chi connectivity index (χ2v) is 5.56. The van der Waals surface area contributed by atoms with E-state index in [-0.39, 0.29) is 5.60 Å². The number of piperidine rings is 1. The molecule has 92 valence electrons. The maximum atomic E-state index is 6.22. The van der Waals surface area contributed by atoms with Gasteiger partial charge in [0.1, 0.15) is 0 Å². The Bertz CT molecular complexity index is 429. The number of nitrogens with one attached hydrogen (secondary N) is 1. The van der Waals surface area contributed by atoms with E-state index >= 15 is 0 Å². The molecule has 2 aliphatic heterocycles. The van der Waals surface area contributed by atoms with Crippen LogP contribution < -0.4 is 5.32 Å². The molecule has 1 fully saturated rings. The Morgan fingerprint density at radius 2 is 2.29 bits per heavy atom. The van der Waals surface area contributed by atoms with Gasteiger partial charge in [-0.1, -0.05) is 23.8 Å². The maximum absolute atomic E-state index is 6.22. The average molecular weight is 231 g/mol. The molecule has 0 aliphatic carbocycles. The van der Waals surface area contributed by atoms with Crippen molar-refractivity contribution in [3.05, 3.63) is 34.9 Å². The molecule has 0 amide bonds. The summed E-state index contributed by atoms with van der Waals surface area (Å²) in [6, 6.07) is 7.41. The monoisotopic (exact) mass is 231 g/mol. The van der Waals surface area contributed by atoms with Gasteiger partial charge in [0.15, 0.2) is 0 Å². The van der Waals surface area contributed by atoms with E-state index in [1.54, 1.807) is 0 Å². The van der Waals surface area contributed by atoms with Crippen LogP contribution in [0.2, 0.25) is 0 Å². The highest BCUT2D eigenvalue weighted by Crippen LogP contribution is 2.41. The van der Waals surface area contributed by atoms with Crippen LogP contribution in [0.3, 0.4) is 0 Å². The van der Waals surface area contributed by atoms with E-state index < -0.39 is 0 Å². The van der Waals surface area contributed by atoms with Gasteiger partial charge in [-0.25, -0.2) is 0 Å². The molecule has 2 aliphatic rings. The molecule has 1 unspecified atom stereocenters. The van der Waals surface area contributed by atoms with Crippen LogP contribution in [0.4, 0.5) is 0 Å². The van der Waals surface area contributed by atoms with Crippen molar-refractivity contribution in [2.75, 3.05) is 13.2 Å². The minimum Gasteiger partial charge on any atom is -0.370 e. The minimum atomic E-state index is -0.00965. The topological polar surface area (TPSA) is 21.3 Å². The second kappa shape index (κ2) is 4.11. The lowest BCUT2D eigenvalue weighted by molar-refractivity contribution is -0.0879.